The summed E-state index contributed by atoms with van der Waals surface area (Å²) in [5, 5.41) is 0. The number of hydrogen-bond acceptors (Lipinski definition) is 6. The lowest BCUT2D eigenvalue weighted by Crippen LogP contribution is -2.55. The number of morpholine rings is 1. The molecule has 7 nitrogen and oxygen atoms in total. The second-order valence-electron chi connectivity index (χ2n) is 8.10. The average Bonchev–Trinajstić information content (AvgIpc) is 2.90. The van der Waals surface area contributed by atoms with E-state index in [9.17, 15) is 14.4 Å². The van der Waals surface area contributed by atoms with Crippen molar-refractivity contribution in [3.8, 4) is 0 Å². The summed E-state index contributed by atoms with van der Waals surface area (Å²) in [5.74, 6) is -1.28. The van der Waals surface area contributed by atoms with Crippen LogP contribution < -0.4 is 0 Å². The first-order valence-electron chi connectivity index (χ1n) is 11.5. The Kier molecular flexibility index (Phi) is 7.77. The third-order valence-electron chi connectivity index (χ3n) is 5.79. The van der Waals surface area contributed by atoms with Crippen molar-refractivity contribution >= 4 is 18.0 Å². The molecule has 0 bridgehead atoms. The van der Waals surface area contributed by atoms with Crippen molar-refractivity contribution < 1.29 is 28.6 Å². The molecule has 0 N–H and O–H groups in total. The van der Waals surface area contributed by atoms with E-state index in [-0.39, 0.29) is 19.6 Å². The monoisotopic (exact) mass is 473 g/mol. The number of nitrogens with zero attached hydrogens (tertiary/aromatic N) is 1. The van der Waals surface area contributed by atoms with Crippen LogP contribution >= 0.6 is 0 Å². The van der Waals surface area contributed by atoms with Gasteiger partial charge in [0, 0.05) is 0 Å². The standard InChI is InChI=1S/C28H27NO6/c1-2-33-24(30)18-23-27(31)35-26(22-16-10-5-11-17-22)25(21-14-8-4-9-15-21)29(23)28(32)34-19-20-12-6-3-7-13-20/h3-17,23,25-26H,2,18-19H2,1H3/t23-,25-,26+/m0/s1. The summed E-state index contributed by atoms with van der Waals surface area (Å²) in [4.78, 5) is 40.5. The first kappa shape index (κ1) is 24.0. The van der Waals surface area contributed by atoms with Crippen LogP contribution in [0.3, 0.4) is 0 Å². The molecule has 4 rings (SSSR count). The summed E-state index contributed by atoms with van der Waals surface area (Å²) in [6.45, 7) is 1.86. The van der Waals surface area contributed by atoms with Crippen molar-refractivity contribution in [2.24, 2.45) is 0 Å². The normalized spacial score (nSPS) is 19.5. The van der Waals surface area contributed by atoms with Crippen molar-refractivity contribution in [3.63, 3.8) is 0 Å². The lowest BCUT2D eigenvalue weighted by molar-refractivity contribution is -0.176. The molecule has 0 radical (unpaired) electrons. The van der Waals surface area contributed by atoms with Crippen LogP contribution in [-0.2, 0) is 30.4 Å². The minimum Gasteiger partial charge on any atom is -0.466 e. The SMILES string of the molecule is CCOC(=O)C[C@H]1C(=O)O[C@H](c2ccccc2)[C@H](c2ccccc2)N1C(=O)OCc1ccccc1. The summed E-state index contributed by atoms with van der Waals surface area (Å²) in [6.07, 6.45) is -1.83. The van der Waals surface area contributed by atoms with Crippen LogP contribution in [0, 0.1) is 0 Å². The zero-order valence-electron chi connectivity index (χ0n) is 19.4. The smallest absolute Gasteiger partial charge is 0.411 e. The maximum absolute atomic E-state index is 13.6. The predicted molar refractivity (Wildman–Crippen MR) is 128 cm³/mol. The highest BCUT2D eigenvalue weighted by atomic mass is 16.6. The molecule has 1 fully saturated rings. The van der Waals surface area contributed by atoms with Crippen molar-refractivity contribution in [3.05, 3.63) is 108 Å². The molecule has 1 saturated heterocycles. The van der Waals surface area contributed by atoms with E-state index in [2.05, 4.69) is 0 Å². The Labute approximate surface area is 204 Å². The molecular formula is C28H27NO6. The maximum Gasteiger partial charge on any atom is 0.411 e. The summed E-state index contributed by atoms with van der Waals surface area (Å²) in [5.41, 5.74) is 2.28. The summed E-state index contributed by atoms with van der Waals surface area (Å²) in [6, 6.07) is 25.9. The number of hydrogen-bond donors (Lipinski definition) is 0. The summed E-state index contributed by atoms with van der Waals surface area (Å²) < 4.78 is 16.6. The fourth-order valence-electron chi connectivity index (χ4n) is 4.19. The molecule has 1 heterocycles. The van der Waals surface area contributed by atoms with E-state index in [4.69, 9.17) is 14.2 Å². The van der Waals surface area contributed by atoms with Crippen LogP contribution in [-0.4, -0.2) is 35.6 Å². The fraction of sp³-hybridized carbons (Fsp3) is 0.250. The zero-order chi connectivity index (χ0) is 24.6. The third-order valence-corrected chi connectivity index (χ3v) is 5.79. The Hall–Kier alpha value is -4.13. The van der Waals surface area contributed by atoms with Crippen LogP contribution in [0.5, 0.6) is 0 Å². The van der Waals surface area contributed by atoms with Gasteiger partial charge >= 0.3 is 18.0 Å². The minimum absolute atomic E-state index is 0.0227. The van der Waals surface area contributed by atoms with Crippen molar-refractivity contribution in [2.45, 2.75) is 38.1 Å². The number of rotatable bonds is 7. The molecule has 1 aliphatic heterocycles. The van der Waals surface area contributed by atoms with Gasteiger partial charge in [-0.3, -0.25) is 9.69 Å². The molecule has 3 aromatic carbocycles. The van der Waals surface area contributed by atoms with Gasteiger partial charge in [0.25, 0.3) is 0 Å². The van der Waals surface area contributed by atoms with Crippen LogP contribution in [0.15, 0.2) is 91.0 Å². The number of benzene rings is 3. The molecular weight excluding hydrogens is 446 g/mol. The Morgan fingerprint density at radius 2 is 1.40 bits per heavy atom. The quantitative estimate of drug-likeness (QED) is 0.355. The first-order valence-corrected chi connectivity index (χ1v) is 11.5. The van der Waals surface area contributed by atoms with Gasteiger partial charge in [-0.1, -0.05) is 91.0 Å². The molecule has 180 valence electrons. The molecule has 0 unspecified atom stereocenters. The zero-order valence-corrected chi connectivity index (χ0v) is 19.4. The maximum atomic E-state index is 13.6. The van der Waals surface area contributed by atoms with E-state index in [0.29, 0.717) is 0 Å². The first-order chi connectivity index (χ1) is 17.1. The van der Waals surface area contributed by atoms with Gasteiger partial charge in [0.2, 0.25) is 0 Å². The number of cyclic esters (lactones) is 1. The van der Waals surface area contributed by atoms with Crippen molar-refractivity contribution in [2.75, 3.05) is 6.61 Å². The summed E-state index contributed by atoms with van der Waals surface area (Å²) >= 11 is 0. The van der Waals surface area contributed by atoms with Gasteiger partial charge in [-0.05, 0) is 23.6 Å². The molecule has 3 atom stereocenters. The average molecular weight is 474 g/mol. The van der Waals surface area contributed by atoms with Gasteiger partial charge in [-0.15, -0.1) is 0 Å². The topological polar surface area (TPSA) is 82.1 Å². The van der Waals surface area contributed by atoms with E-state index >= 15 is 0 Å². The van der Waals surface area contributed by atoms with Gasteiger partial charge in [0.15, 0.2) is 6.10 Å². The largest absolute Gasteiger partial charge is 0.466 e. The molecule has 3 aromatic rings. The lowest BCUT2D eigenvalue weighted by atomic mass is 9.90. The van der Waals surface area contributed by atoms with E-state index in [1.54, 1.807) is 6.92 Å². The highest BCUT2D eigenvalue weighted by Crippen LogP contribution is 2.43. The van der Waals surface area contributed by atoms with Crippen molar-refractivity contribution in [1.29, 1.82) is 0 Å². The Bertz CT molecular complexity index is 1140. The van der Waals surface area contributed by atoms with E-state index in [1.807, 2.05) is 91.0 Å². The van der Waals surface area contributed by atoms with Crippen molar-refractivity contribution in [1.82, 2.24) is 4.90 Å². The van der Waals surface area contributed by atoms with Gasteiger partial charge in [0.1, 0.15) is 18.7 Å². The number of ether oxygens (including phenoxy) is 3. The predicted octanol–water partition coefficient (Wildman–Crippen LogP) is 4.99. The Morgan fingerprint density at radius 3 is 2.00 bits per heavy atom. The van der Waals surface area contributed by atoms with Crippen LogP contribution in [0.1, 0.15) is 42.2 Å². The van der Waals surface area contributed by atoms with E-state index in [0.717, 1.165) is 16.7 Å². The molecule has 35 heavy (non-hydrogen) atoms. The highest BCUT2D eigenvalue weighted by molar-refractivity contribution is 5.87. The second-order valence-corrected chi connectivity index (χ2v) is 8.10. The molecule has 7 heteroatoms. The van der Waals surface area contributed by atoms with Gasteiger partial charge in [0.05, 0.1) is 13.0 Å². The van der Waals surface area contributed by atoms with Crippen LogP contribution in [0.2, 0.25) is 0 Å². The lowest BCUT2D eigenvalue weighted by Gasteiger charge is -2.44. The molecule has 1 amide bonds. The third kappa shape index (κ3) is 5.69. The van der Waals surface area contributed by atoms with Crippen LogP contribution in [0.25, 0.3) is 0 Å². The molecule has 0 aromatic heterocycles. The van der Waals surface area contributed by atoms with Crippen LogP contribution in [0.4, 0.5) is 4.79 Å². The molecule has 0 aliphatic carbocycles. The molecule has 0 spiro atoms. The Morgan fingerprint density at radius 1 is 0.829 bits per heavy atom. The number of carbonyl (C=O) groups excluding carboxylic acids is 3. The number of carbonyl (C=O) groups is 3. The van der Waals surface area contributed by atoms with E-state index in [1.165, 1.54) is 4.90 Å². The second kappa shape index (κ2) is 11.3. The summed E-state index contributed by atoms with van der Waals surface area (Å²) in [7, 11) is 0. The van der Waals surface area contributed by atoms with Gasteiger partial charge in [-0.25, -0.2) is 9.59 Å². The minimum atomic E-state index is -1.19. The molecule has 0 saturated carbocycles. The fourth-order valence-corrected chi connectivity index (χ4v) is 4.19. The number of amides is 1. The van der Waals surface area contributed by atoms with Gasteiger partial charge < -0.3 is 14.2 Å². The van der Waals surface area contributed by atoms with E-state index < -0.39 is 36.2 Å². The highest BCUT2D eigenvalue weighted by Gasteiger charge is 2.49. The van der Waals surface area contributed by atoms with Gasteiger partial charge in [-0.2, -0.15) is 0 Å². The molecule has 1 aliphatic rings. The Balaban J connectivity index is 1.74. The number of esters is 2.